The number of amides is 1. The minimum Gasteiger partial charge on any atom is -0.354 e. The number of anilines is 3. The van der Waals surface area contributed by atoms with Crippen molar-refractivity contribution in [1.29, 1.82) is 0 Å². The maximum absolute atomic E-state index is 14.4. The van der Waals surface area contributed by atoms with Crippen LogP contribution in [0.3, 0.4) is 0 Å². The molecular weight excluding hydrogens is 439 g/mol. The molecule has 1 saturated heterocycles. The summed E-state index contributed by atoms with van der Waals surface area (Å²) in [5.41, 5.74) is 1.49. The van der Waals surface area contributed by atoms with Crippen molar-refractivity contribution in [2.24, 2.45) is 0 Å². The van der Waals surface area contributed by atoms with Gasteiger partial charge in [-0.1, -0.05) is 12.6 Å². The van der Waals surface area contributed by atoms with Crippen molar-refractivity contribution in [1.82, 2.24) is 20.3 Å². The third kappa shape index (κ3) is 4.04. The Balaban J connectivity index is 1.62. The standard InChI is InChI=1S/C20H18BrFN6O/c1-2-17(29)25-12-8-9-28(10-12)16-7-6-15-19(27-16)20(24-11-23-15)26-14-5-3-4-13(21)18(14)22/h2-7,11-12H,1,8-10H2,(H,25,29)(H,23,24,26). The number of nitrogens with one attached hydrogen (secondary N) is 2. The van der Waals surface area contributed by atoms with Gasteiger partial charge in [0.15, 0.2) is 11.6 Å². The van der Waals surface area contributed by atoms with Crippen molar-refractivity contribution in [3.63, 3.8) is 0 Å². The van der Waals surface area contributed by atoms with Gasteiger partial charge in [0, 0.05) is 19.1 Å². The first-order chi connectivity index (χ1) is 14.0. The average Bonchev–Trinajstić information content (AvgIpc) is 3.19. The van der Waals surface area contributed by atoms with Crippen LogP contribution in [0.15, 0.2) is 53.8 Å². The van der Waals surface area contributed by atoms with Gasteiger partial charge in [-0.2, -0.15) is 0 Å². The van der Waals surface area contributed by atoms with E-state index in [0.29, 0.717) is 33.6 Å². The molecule has 1 aliphatic heterocycles. The first kappa shape index (κ1) is 19.3. The van der Waals surface area contributed by atoms with Crippen LogP contribution in [-0.2, 0) is 4.79 Å². The summed E-state index contributed by atoms with van der Waals surface area (Å²) < 4.78 is 14.7. The molecule has 0 bridgehead atoms. The number of hydrogen-bond donors (Lipinski definition) is 2. The van der Waals surface area contributed by atoms with E-state index < -0.39 is 5.82 Å². The molecule has 1 atom stereocenters. The number of pyridine rings is 1. The van der Waals surface area contributed by atoms with E-state index in [1.165, 1.54) is 12.4 Å². The van der Waals surface area contributed by atoms with Gasteiger partial charge >= 0.3 is 0 Å². The number of benzene rings is 1. The van der Waals surface area contributed by atoms with Gasteiger partial charge in [-0.3, -0.25) is 4.79 Å². The number of carbonyl (C=O) groups is 1. The van der Waals surface area contributed by atoms with Gasteiger partial charge in [0.2, 0.25) is 5.91 Å². The molecule has 2 N–H and O–H groups in total. The van der Waals surface area contributed by atoms with Gasteiger partial charge in [-0.15, -0.1) is 0 Å². The zero-order valence-corrected chi connectivity index (χ0v) is 17.0. The fourth-order valence-corrected chi connectivity index (χ4v) is 3.64. The Morgan fingerprint density at radius 3 is 3.00 bits per heavy atom. The lowest BCUT2D eigenvalue weighted by Crippen LogP contribution is -2.36. The topological polar surface area (TPSA) is 83.0 Å². The molecule has 0 aliphatic carbocycles. The van der Waals surface area contributed by atoms with Crippen LogP contribution in [0.5, 0.6) is 0 Å². The number of halogens is 2. The normalized spacial score (nSPS) is 16.1. The zero-order chi connectivity index (χ0) is 20.4. The summed E-state index contributed by atoms with van der Waals surface area (Å²) in [4.78, 5) is 26.8. The van der Waals surface area contributed by atoms with Crippen LogP contribution in [0.25, 0.3) is 11.0 Å². The molecular formula is C20H18BrFN6O. The van der Waals surface area contributed by atoms with Crippen molar-refractivity contribution in [3.8, 4) is 0 Å². The van der Waals surface area contributed by atoms with Crippen LogP contribution >= 0.6 is 15.9 Å². The van der Waals surface area contributed by atoms with Crippen molar-refractivity contribution in [2.75, 3.05) is 23.3 Å². The highest BCUT2D eigenvalue weighted by Crippen LogP contribution is 2.29. The number of rotatable bonds is 5. The molecule has 7 nitrogen and oxygen atoms in total. The van der Waals surface area contributed by atoms with Crippen LogP contribution in [0.1, 0.15) is 6.42 Å². The van der Waals surface area contributed by atoms with Gasteiger partial charge in [-0.25, -0.2) is 19.3 Å². The van der Waals surface area contributed by atoms with E-state index in [4.69, 9.17) is 4.98 Å². The van der Waals surface area contributed by atoms with Crippen molar-refractivity contribution in [2.45, 2.75) is 12.5 Å². The Labute approximate surface area is 175 Å². The lowest BCUT2D eigenvalue weighted by atomic mass is 10.2. The number of fused-ring (bicyclic) bond motifs is 1. The van der Waals surface area contributed by atoms with Gasteiger partial charge in [0.25, 0.3) is 0 Å². The fraction of sp³-hybridized carbons (Fsp3) is 0.200. The zero-order valence-electron chi connectivity index (χ0n) is 15.4. The summed E-state index contributed by atoms with van der Waals surface area (Å²) in [6.45, 7) is 4.89. The quantitative estimate of drug-likeness (QED) is 0.571. The highest BCUT2D eigenvalue weighted by atomic mass is 79.9. The van der Waals surface area contributed by atoms with E-state index >= 15 is 0 Å². The predicted molar refractivity (Wildman–Crippen MR) is 114 cm³/mol. The molecule has 1 unspecified atom stereocenters. The van der Waals surface area contributed by atoms with E-state index in [1.807, 2.05) is 12.1 Å². The molecule has 1 aromatic carbocycles. The van der Waals surface area contributed by atoms with Crippen molar-refractivity contribution in [3.05, 3.63) is 59.6 Å². The van der Waals surface area contributed by atoms with E-state index in [1.54, 1.807) is 18.2 Å². The van der Waals surface area contributed by atoms with Crippen LogP contribution in [0.4, 0.5) is 21.7 Å². The molecule has 2 aromatic heterocycles. The minimum atomic E-state index is -0.407. The molecule has 0 spiro atoms. The highest BCUT2D eigenvalue weighted by molar-refractivity contribution is 9.10. The lowest BCUT2D eigenvalue weighted by Gasteiger charge is -2.18. The minimum absolute atomic E-state index is 0.0402. The monoisotopic (exact) mass is 456 g/mol. The van der Waals surface area contributed by atoms with Crippen molar-refractivity contribution >= 4 is 50.2 Å². The second-order valence-corrected chi connectivity index (χ2v) is 7.48. The molecule has 148 valence electrons. The first-order valence-electron chi connectivity index (χ1n) is 9.06. The Bertz CT molecular complexity index is 1090. The number of hydrogen-bond acceptors (Lipinski definition) is 6. The number of aromatic nitrogens is 3. The molecule has 3 heterocycles. The lowest BCUT2D eigenvalue weighted by molar-refractivity contribution is -0.117. The largest absolute Gasteiger partial charge is 0.354 e. The second kappa shape index (κ2) is 8.12. The highest BCUT2D eigenvalue weighted by Gasteiger charge is 2.24. The van der Waals surface area contributed by atoms with Crippen LogP contribution in [0, 0.1) is 5.82 Å². The average molecular weight is 457 g/mol. The van der Waals surface area contributed by atoms with Gasteiger partial charge in [0.05, 0.1) is 15.7 Å². The molecule has 9 heteroatoms. The van der Waals surface area contributed by atoms with Gasteiger partial charge < -0.3 is 15.5 Å². The molecule has 1 aliphatic rings. The number of nitrogens with zero attached hydrogens (tertiary/aromatic N) is 4. The Hall–Kier alpha value is -3.07. The van der Waals surface area contributed by atoms with Crippen molar-refractivity contribution < 1.29 is 9.18 Å². The smallest absolute Gasteiger partial charge is 0.243 e. The molecule has 1 amide bonds. The van der Waals surface area contributed by atoms with E-state index in [0.717, 1.165) is 18.8 Å². The second-order valence-electron chi connectivity index (χ2n) is 6.63. The van der Waals surface area contributed by atoms with E-state index in [2.05, 4.69) is 48.0 Å². The molecule has 1 fully saturated rings. The van der Waals surface area contributed by atoms with Crippen LogP contribution < -0.4 is 15.5 Å². The summed E-state index contributed by atoms with van der Waals surface area (Å²) in [5, 5.41) is 5.92. The van der Waals surface area contributed by atoms with E-state index in [-0.39, 0.29) is 11.9 Å². The summed E-state index contributed by atoms with van der Waals surface area (Å²) in [7, 11) is 0. The molecule has 29 heavy (non-hydrogen) atoms. The molecule has 0 saturated carbocycles. The molecule has 3 aromatic rings. The maximum Gasteiger partial charge on any atom is 0.243 e. The number of carbonyl (C=O) groups excluding carboxylic acids is 1. The predicted octanol–water partition coefficient (Wildman–Crippen LogP) is 3.55. The molecule has 0 radical (unpaired) electrons. The summed E-state index contributed by atoms with van der Waals surface area (Å²) in [5.74, 6) is 0.583. The van der Waals surface area contributed by atoms with Gasteiger partial charge in [-0.05, 0) is 52.7 Å². The first-order valence-corrected chi connectivity index (χ1v) is 9.85. The fourth-order valence-electron chi connectivity index (χ4n) is 3.27. The Kier molecular flexibility index (Phi) is 5.39. The summed E-state index contributed by atoms with van der Waals surface area (Å²) in [6, 6.07) is 8.78. The third-order valence-corrected chi connectivity index (χ3v) is 5.33. The van der Waals surface area contributed by atoms with Crippen LogP contribution in [-0.4, -0.2) is 40.0 Å². The SMILES string of the molecule is C=CC(=O)NC1CCN(c2ccc3ncnc(Nc4cccc(Br)c4F)c3n2)C1. The molecule has 4 rings (SSSR count). The third-order valence-electron chi connectivity index (χ3n) is 4.72. The summed E-state index contributed by atoms with van der Waals surface area (Å²) in [6.07, 6.45) is 3.50. The van der Waals surface area contributed by atoms with Gasteiger partial charge in [0.1, 0.15) is 17.7 Å². The van der Waals surface area contributed by atoms with E-state index in [9.17, 15) is 9.18 Å². The summed E-state index contributed by atoms with van der Waals surface area (Å²) >= 11 is 3.19. The Morgan fingerprint density at radius 2 is 2.17 bits per heavy atom. The Morgan fingerprint density at radius 1 is 1.31 bits per heavy atom. The van der Waals surface area contributed by atoms with Crippen LogP contribution in [0.2, 0.25) is 0 Å². The maximum atomic E-state index is 14.4.